The summed E-state index contributed by atoms with van der Waals surface area (Å²) in [6.45, 7) is 0. The molecule has 0 saturated carbocycles. The number of nitriles is 1. The highest BCUT2D eigenvalue weighted by molar-refractivity contribution is 7.92. The van der Waals surface area contributed by atoms with Gasteiger partial charge in [-0.1, -0.05) is 0 Å². The van der Waals surface area contributed by atoms with Gasteiger partial charge in [0.05, 0.1) is 11.3 Å². The van der Waals surface area contributed by atoms with Crippen molar-refractivity contribution in [3.05, 3.63) is 58.9 Å². The zero-order chi connectivity index (χ0) is 17.4. The van der Waals surface area contributed by atoms with Crippen LogP contribution in [0.25, 0.3) is 0 Å². The Morgan fingerprint density at radius 1 is 0.913 bits per heavy atom. The van der Waals surface area contributed by atoms with Crippen LogP contribution in [0.4, 0.5) is 27.6 Å². The van der Waals surface area contributed by atoms with Gasteiger partial charge in [0.1, 0.15) is 11.9 Å². The molecule has 0 spiro atoms. The molecule has 0 fully saturated rings. The first kappa shape index (κ1) is 16.7. The van der Waals surface area contributed by atoms with E-state index >= 15 is 0 Å². The lowest BCUT2D eigenvalue weighted by atomic mass is 10.2. The molecule has 0 radical (unpaired) electrons. The molecule has 0 saturated heterocycles. The van der Waals surface area contributed by atoms with Gasteiger partial charge < -0.3 is 0 Å². The van der Waals surface area contributed by atoms with Gasteiger partial charge in [-0.2, -0.15) is 5.26 Å². The number of halogens is 5. The molecule has 120 valence electrons. The zero-order valence-electron chi connectivity index (χ0n) is 10.9. The van der Waals surface area contributed by atoms with Crippen LogP contribution in [-0.2, 0) is 10.0 Å². The highest BCUT2D eigenvalue weighted by Crippen LogP contribution is 2.26. The summed E-state index contributed by atoms with van der Waals surface area (Å²) in [6.07, 6.45) is 0. The van der Waals surface area contributed by atoms with E-state index in [9.17, 15) is 30.4 Å². The second kappa shape index (κ2) is 5.85. The Morgan fingerprint density at radius 3 is 2.00 bits per heavy atom. The first-order chi connectivity index (χ1) is 10.7. The molecule has 0 aliphatic rings. The molecule has 0 aliphatic heterocycles. The van der Waals surface area contributed by atoms with Gasteiger partial charge in [-0.05, 0) is 18.2 Å². The van der Waals surface area contributed by atoms with Crippen molar-refractivity contribution in [1.29, 1.82) is 5.26 Å². The first-order valence-corrected chi connectivity index (χ1v) is 7.21. The summed E-state index contributed by atoms with van der Waals surface area (Å²) < 4.78 is 91.9. The van der Waals surface area contributed by atoms with Crippen LogP contribution in [0.15, 0.2) is 29.2 Å². The maximum atomic E-state index is 13.5. The Kier molecular flexibility index (Phi) is 4.24. The second-order valence-corrected chi connectivity index (χ2v) is 5.83. The van der Waals surface area contributed by atoms with Crippen molar-refractivity contribution in [3.8, 4) is 6.07 Å². The zero-order valence-corrected chi connectivity index (χ0v) is 11.7. The van der Waals surface area contributed by atoms with Crippen LogP contribution in [0.1, 0.15) is 5.56 Å². The third-order valence-electron chi connectivity index (χ3n) is 2.68. The molecule has 0 atom stereocenters. The summed E-state index contributed by atoms with van der Waals surface area (Å²) in [4.78, 5) is -1.86. The largest absolute Gasteiger partial charge is 0.279 e. The van der Waals surface area contributed by atoms with E-state index in [2.05, 4.69) is 0 Å². The maximum absolute atomic E-state index is 13.5. The van der Waals surface area contributed by atoms with Crippen molar-refractivity contribution < 1.29 is 30.4 Å². The van der Waals surface area contributed by atoms with Crippen molar-refractivity contribution in [2.24, 2.45) is 0 Å². The van der Waals surface area contributed by atoms with Crippen molar-refractivity contribution in [2.45, 2.75) is 4.90 Å². The molecule has 0 amide bonds. The van der Waals surface area contributed by atoms with Crippen LogP contribution in [0, 0.1) is 40.4 Å². The number of benzene rings is 2. The lowest BCUT2D eigenvalue weighted by Crippen LogP contribution is -2.18. The SMILES string of the molecule is N#Cc1cc(NS(=O)(=O)c2c(F)c(F)cc(F)c2F)ccc1F. The molecule has 10 heteroatoms. The summed E-state index contributed by atoms with van der Waals surface area (Å²) in [5.74, 6) is -8.98. The minimum absolute atomic E-state index is 0.143. The number of hydrogen-bond donors (Lipinski definition) is 1. The fraction of sp³-hybridized carbons (Fsp3) is 0. The summed E-state index contributed by atoms with van der Waals surface area (Å²) in [7, 11) is -5.07. The normalized spacial score (nSPS) is 11.1. The molecule has 0 heterocycles. The van der Waals surface area contributed by atoms with Gasteiger partial charge in [0.15, 0.2) is 28.2 Å². The minimum Gasteiger partial charge on any atom is -0.279 e. The monoisotopic (exact) mass is 348 g/mol. The van der Waals surface area contributed by atoms with E-state index in [1.807, 2.05) is 0 Å². The molecule has 23 heavy (non-hydrogen) atoms. The van der Waals surface area contributed by atoms with E-state index in [0.29, 0.717) is 0 Å². The van der Waals surface area contributed by atoms with Crippen molar-refractivity contribution >= 4 is 15.7 Å². The van der Waals surface area contributed by atoms with Crippen molar-refractivity contribution in [1.82, 2.24) is 0 Å². The molecular formula is C13H5F5N2O2S. The standard InChI is InChI=1S/C13H5F5N2O2S/c14-8-2-1-7(3-6(8)5-19)20-23(21,22)13-11(17)9(15)4-10(16)12(13)18/h1-4,20H. The summed E-state index contributed by atoms with van der Waals surface area (Å²) in [5, 5.41) is 8.63. The molecule has 4 nitrogen and oxygen atoms in total. The summed E-state index contributed by atoms with van der Waals surface area (Å²) >= 11 is 0. The lowest BCUT2D eigenvalue weighted by Gasteiger charge is -2.11. The second-order valence-electron chi connectivity index (χ2n) is 4.21. The number of sulfonamides is 1. The fourth-order valence-corrected chi connectivity index (χ4v) is 2.87. The average molecular weight is 348 g/mol. The Morgan fingerprint density at radius 2 is 1.48 bits per heavy atom. The topological polar surface area (TPSA) is 70.0 Å². The minimum atomic E-state index is -5.07. The van der Waals surface area contributed by atoms with Crippen LogP contribution in [0.3, 0.4) is 0 Å². The Balaban J connectivity index is 2.55. The molecule has 0 bridgehead atoms. The van der Waals surface area contributed by atoms with Crippen LogP contribution in [0.5, 0.6) is 0 Å². The summed E-state index contributed by atoms with van der Waals surface area (Å²) in [5.41, 5.74) is -0.969. The van der Waals surface area contributed by atoms with E-state index in [1.54, 1.807) is 4.72 Å². The van der Waals surface area contributed by atoms with Crippen LogP contribution in [-0.4, -0.2) is 8.42 Å². The molecule has 2 aromatic rings. The van der Waals surface area contributed by atoms with Crippen molar-refractivity contribution in [2.75, 3.05) is 4.72 Å². The molecule has 2 rings (SSSR count). The number of hydrogen-bond acceptors (Lipinski definition) is 3. The van der Waals surface area contributed by atoms with E-state index in [1.165, 1.54) is 6.07 Å². The van der Waals surface area contributed by atoms with Crippen LogP contribution >= 0.6 is 0 Å². The maximum Gasteiger partial charge on any atom is 0.267 e. The predicted octanol–water partition coefficient (Wildman–Crippen LogP) is 3.05. The highest BCUT2D eigenvalue weighted by Gasteiger charge is 2.30. The van der Waals surface area contributed by atoms with Crippen LogP contribution < -0.4 is 4.72 Å². The fourth-order valence-electron chi connectivity index (χ4n) is 1.67. The molecule has 0 unspecified atom stereocenters. The van der Waals surface area contributed by atoms with Crippen molar-refractivity contribution in [3.63, 3.8) is 0 Å². The molecule has 0 aliphatic carbocycles. The Bertz CT molecular complexity index is 912. The number of nitrogens with one attached hydrogen (secondary N) is 1. The van der Waals surface area contributed by atoms with Gasteiger partial charge in [-0.25, -0.2) is 30.4 Å². The molecular weight excluding hydrogens is 343 g/mol. The van der Waals surface area contributed by atoms with E-state index < -0.39 is 55.3 Å². The van der Waals surface area contributed by atoms with E-state index in [-0.39, 0.29) is 6.07 Å². The van der Waals surface area contributed by atoms with Gasteiger partial charge >= 0.3 is 0 Å². The van der Waals surface area contributed by atoms with Gasteiger partial charge in [0.2, 0.25) is 0 Å². The Labute approximate surface area is 126 Å². The lowest BCUT2D eigenvalue weighted by molar-refractivity contribution is 0.420. The van der Waals surface area contributed by atoms with E-state index in [4.69, 9.17) is 5.26 Å². The van der Waals surface area contributed by atoms with Gasteiger partial charge in [-0.15, -0.1) is 0 Å². The molecule has 1 N–H and O–H groups in total. The van der Waals surface area contributed by atoms with Crippen LogP contribution in [0.2, 0.25) is 0 Å². The smallest absolute Gasteiger partial charge is 0.267 e. The average Bonchev–Trinajstić information content (AvgIpc) is 2.47. The third kappa shape index (κ3) is 3.09. The quantitative estimate of drug-likeness (QED) is 0.685. The van der Waals surface area contributed by atoms with Gasteiger partial charge in [-0.3, -0.25) is 4.72 Å². The predicted molar refractivity (Wildman–Crippen MR) is 68.2 cm³/mol. The molecule has 0 aromatic heterocycles. The number of anilines is 1. The van der Waals surface area contributed by atoms with Gasteiger partial charge in [0.25, 0.3) is 10.0 Å². The van der Waals surface area contributed by atoms with E-state index in [0.717, 1.165) is 18.2 Å². The van der Waals surface area contributed by atoms with Gasteiger partial charge in [0, 0.05) is 6.07 Å². The Hall–Kier alpha value is -2.67. The number of nitrogens with zero attached hydrogens (tertiary/aromatic N) is 1. The summed E-state index contributed by atoms with van der Waals surface area (Å²) in [6, 6.07) is 3.62. The first-order valence-electron chi connectivity index (χ1n) is 5.73. The molecule has 2 aromatic carbocycles. The number of rotatable bonds is 3. The third-order valence-corrected chi connectivity index (χ3v) is 4.08. The highest BCUT2D eigenvalue weighted by atomic mass is 32.2.